The Balaban J connectivity index is 1.36. The number of hydrogen-bond acceptors (Lipinski definition) is 11. The molecule has 0 spiro atoms. The third-order valence-corrected chi connectivity index (χ3v) is 4.48. The minimum atomic E-state index is -0.456. The van der Waals surface area contributed by atoms with E-state index >= 15 is 0 Å². The molecule has 0 unspecified atom stereocenters. The standard InChI is InChI=1S/C21H14N8O4/c30-29(31)15-8-4-5-13(11-15)17-10-9-16(32-17)12-22-26-19-18(23-14-6-2-1-3-7-14)24-20-21(25-19)28-33-27-20/h1-12H,(H,23,24,27)(H,25,26,28). The molecule has 3 aromatic heterocycles. The van der Waals surface area contributed by atoms with Crippen LogP contribution in [-0.2, 0) is 0 Å². The summed E-state index contributed by atoms with van der Waals surface area (Å²) in [6, 6.07) is 19.0. The van der Waals surface area contributed by atoms with Crippen LogP contribution >= 0.6 is 0 Å². The number of rotatable bonds is 7. The van der Waals surface area contributed by atoms with Crippen LogP contribution in [0.2, 0.25) is 0 Å². The highest BCUT2D eigenvalue weighted by Crippen LogP contribution is 2.26. The number of nitrogens with zero attached hydrogens (tertiary/aromatic N) is 6. The second-order valence-electron chi connectivity index (χ2n) is 6.70. The molecule has 162 valence electrons. The van der Waals surface area contributed by atoms with Gasteiger partial charge >= 0.3 is 0 Å². The van der Waals surface area contributed by atoms with Crippen molar-refractivity contribution in [3.8, 4) is 11.3 Å². The molecule has 33 heavy (non-hydrogen) atoms. The molecule has 5 rings (SSSR count). The second-order valence-corrected chi connectivity index (χ2v) is 6.70. The Morgan fingerprint density at radius 2 is 1.73 bits per heavy atom. The van der Waals surface area contributed by atoms with Gasteiger partial charge in [0.05, 0.1) is 11.1 Å². The van der Waals surface area contributed by atoms with Crippen LogP contribution in [0.5, 0.6) is 0 Å². The zero-order chi connectivity index (χ0) is 22.6. The van der Waals surface area contributed by atoms with Gasteiger partial charge < -0.3 is 9.73 Å². The number of anilines is 3. The van der Waals surface area contributed by atoms with E-state index in [9.17, 15) is 10.1 Å². The van der Waals surface area contributed by atoms with Gasteiger partial charge in [-0.15, -0.1) is 0 Å². The molecular formula is C21H14N8O4. The van der Waals surface area contributed by atoms with Crippen LogP contribution in [-0.4, -0.2) is 31.4 Å². The molecule has 12 nitrogen and oxygen atoms in total. The lowest BCUT2D eigenvalue weighted by Gasteiger charge is -2.08. The number of furan rings is 1. The molecule has 0 saturated carbocycles. The summed E-state index contributed by atoms with van der Waals surface area (Å²) >= 11 is 0. The number of benzene rings is 2. The average Bonchev–Trinajstić information content (AvgIpc) is 3.49. The van der Waals surface area contributed by atoms with Gasteiger partial charge in [-0.2, -0.15) is 10.1 Å². The Hall–Kier alpha value is -5.13. The van der Waals surface area contributed by atoms with E-state index in [2.05, 4.69) is 36.1 Å². The smallest absolute Gasteiger partial charge is 0.270 e. The fraction of sp³-hybridized carbons (Fsp3) is 0. The van der Waals surface area contributed by atoms with Crippen LogP contribution in [0.3, 0.4) is 0 Å². The fourth-order valence-electron chi connectivity index (χ4n) is 2.97. The third-order valence-electron chi connectivity index (χ3n) is 4.48. The van der Waals surface area contributed by atoms with Gasteiger partial charge in [-0.3, -0.25) is 15.5 Å². The molecule has 0 radical (unpaired) electrons. The van der Waals surface area contributed by atoms with Crippen molar-refractivity contribution in [2.75, 3.05) is 10.7 Å². The predicted molar refractivity (Wildman–Crippen MR) is 119 cm³/mol. The van der Waals surface area contributed by atoms with Crippen molar-refractivity contribution in [1.29, 1.82) is 0 Å². The van der Waals surface area contributed by atoms with Crippen molar-refractivity contribution in [3.05, 3.63) is 82.6 Å². The number of para-hydroxylation sites is 1. The summed E-state index contributed by atoms with van der Waals surface area (Å²) in [6.07, 6.45) is 1.44. The quantitative estimate of drug-likeness (QED) is 0.211. The van der Waals surface area contributed by atoms with Crippen molar-refractivity contribution in [2.24, 2.45) is 5.10 Å². The number of nitrogens with one attached hydrogen (secondary N) is 2. The molecule has 0 aliphatic rings. The topological polar surface area (TPSA) is 157 Å². The van der Waals surface area contributed by atoms with Gasteiger partial charge in [0.25, 0.3) is 5.69 Å². The summed E-state index contributed by atoms with van der Waals surface area (Å²) in [6.45, 7) is 0. The SMILES string of the molecule is O=[N+]([O-])c1cccc(-c2ccc(C=NNc3nc4nonc4nc3Nc3ccccc3)o2)c1. The minimum Gasteiger partial charge on any atom is -0.455 e. The summed E-state index contributed by atoms with van der Waals surface area (Å²) < 4.78 is 10.4. The zero-order valence-electron chi connectivity index (χ0n) is 16.7. The lowest BCUT2D eigenvalue weighted by Crippen LogP contribution is -2.03. The Morgan fingerprint density at radius 1 is 0.939 bits per heavy atom. The number of hydrazone groups is 1. The Morgan fingerprint density at radius 3 is 2.52 bits per heavy atom. The van der Waals surface area contributed by atoms with Gasteiger partial charge in [-0.25, -0.2) is 9.61 Å². The highest BCUT2D eigenvalue weighted by Gasteiger charge is 2.13. The monoisotopic (exact) mass is 442 g/mol. The second kappa shape index (κ2) is 8.55. The van der Waals surface area contributed by atoms with Crippen molar-refractivity contribution in [3.63, 3.8) is 0 Å². The maximum absolute atomic E-state index is 11.0. The first kappa shape index (κ1) is 19.8. The lowest BCUT2D eigenvalue weighted by molar-refractivity contribution is -0.384. The molecule has 0 aliphatic heterocycles. The number of nitro groups is 1. The largest absolute Gasteiger partial charge is 0.455 e. The normalized spacial score (nSPS) is 11.2. The third kappa shape index (κ3) is 4.34. The first-order valence-electron chi connectivity index (χ1n) is 9.62. The molecule has 0 fully saturated rings. The molecule has 0 bridgehead atoms. The van der Waals surface area contributed by atoms with Gasteiger partial charge in [0.15, 0.2) is 11.6 Å². The van der Waals surface area contributed by atoms with E-state index < -0.39 is 4.92 Å². The van der Waals surface area contributed by atoms with Crippen molar-refractivity contribution in [1.82, 2.24) is 20.3 Å². The summed E-state index contributed by atoms with van der Waals surface area (Å²) in [5.41, 5.74) is 4.64. The van der Waals surface area contributed by atoms with E-state index in [4.69, 9.17) is 9.05 Å². The van der Waals surface area contributed by atoms with Crippen LogP contribution in [0.25, 0.3) is 22.6 Å². The van der Waals surface area contributed by atoms with Crippen LogP contribution in [0.15, 0.2) is 80.9 Å². The molecular weight excluding hydrogens is 428 g/mol. The number of nitro benzene ring substituents is 1. The number of aromatic nitrogens is 4. The van der Waals surface area contributed by atoms with Gasteiger partial charge in [-0.1, -0.05) is 30.3 Å². The van der Waals surface area contributed by atoms with Crippen LogP contribution in [0, 0.1) is 10.1 Å². The fourth-order valence-corrected chi connectivity index (χ4v) is 2.97. The van der Waals surface area contributed by atoms with E-state index in [1.807, 2.05) is 30.3 Å². The van der Waals surface area contributed by atoms with Gasteiger partial charge in [0.2, 0.25) is 11.3 Å². The average molecular weight is 442 g/mol. The molecule has 0 aliphatic carbocycles. The van der Waals surface area contributed by atoms with Gasteiger partial charge in [0, 0.05) is 23.4 Å². The van der Waals surface area contributed by atoms with Gasteiger partial charge in [-0.05, 0) is 34.6 Å². The van der Waals surface area contributed by atoms with Crippen LogP contribution < -0.4 is 10.7 Å². The highest BCUT2D eigenvalue weighted by molar-refractivity contribution is 5.80. The minimum absolute atomic E-state index is 0.0180. The maximum atomic E-state index is 11.0. The van der Waals surface area contributed by atoms with Gasteiger partial charge in [0.1, 0.15) is 11.5 Å². The summed E-state index contributed by atoms with van der Waals surface area (Å²) in [7, 11) is 0. The maximum Gasteiger partial charge on any atom is 0.270 e. The van der Waals surface area contributed by atoms with E-state index in [0.717, 1.165) is 5.69 Å². The Labute approximate surface area is 185 Å². The molecule has 2 aromatic carbocycles. The highest BCUT2D eigenvalue weighted by atomic mass is 16.6. The van der Waals surface area contributed by atoms with E-state index in [0.29, 0.717) is 28.7 Å². The molecule has 2 N–H and O–H groups in total. The first-order chi connectivity index (χ1) is 16.2. The number of fused-ring (bicyclic) bond motifs is 1. The van der Waals surface area contributed by atoms with Crippen molar-refractivity contribution in [2.45, 2.75) is 0 Å². The lowest BCUT2D eigenvalue weighted by atomic mass is 10.1. The molecule has 0 saturated heterocycles. The molecule has 3 heterocycles. The van der Waals surface area contributed by atoms with Crippen molar-refractivity contribution >= 4 is 40.5 Å². The Bertz CT molecular complexity index is 1460. The summed E-state index contributed by atoms with van der Waals surface area (Å²) in [5.74, 6) is 1.57. The van der Waals surface area contributed by atoms with Crippen LogP contribution in [0.4, 0.5) is 23.0 Å². The molecule has 0 atom stereocenters. The summed E-state index contributed by atoms with van der Waals surface area (Å²) in [4.78, 5) is 19.2. The van der Waals surface area contributed by atoms with Crippen molar-refractivity contribution < 1.29 is 14.0 Å². The number of non-ortho nitro benzene ring substituents is 1. The molecule has 0 amide bonds. The van der Waals surface area contributed by atoms with E-state index in [1.165, 1.54) is 18.3 Å². The summed E-state index contributed by atoms with van der Waals surface area (Å²) in [5, 5.41) is 25.7. The Kier molecular flexibility index (Phi) is 5.13. The first-order valence-corrected chi connectivity index (χ1v) is 9.62. The predicted octanol–water partition coefficient (Wildman–Crippen LogP) is 4.37. The van der Waals surface area contributed by atoms with E-state index in [1.54, 1.807) is 24.3 Å². The van der Waals surface area contributed by atoms with E-state index in [-0.39, 0.29) is 17.0 Å². The molecule has 12 heteroatoms. The number of hydrogen-bond donors (Lipinski definition) is 2. The van der Waals surface area contributed by atoms with Crippen LogP contribution in [0.1, 0.15) is 5.76 Å². The molecule has 5 aromatic rings. The zero-order valence-corrected chi connectivity index (χ0v) is 16.7.